The van der Waals surface area contributed by atoms with Crippen molar-refractivity contribution < 1.29 is 9.53 Å². The lowest BCUT2D eigenvalue weighted by Gasteiger charge is -2.36. The van der Waals surface area contributed by atoms with Crippen LogP contribution >= 0.6 is 0 Å². The quantitative estimate of drug-likeness (QED) is 0.440. The van der Waals surface area contributed by atoms with E-state index in [0.717, 1.165) is 58.9 Å². The number of ether oxygens (including phenoxy) is 1. The van der Waals surface area contributed by atoms with Crippen molar-refractivity contribution in [3.05, 3.63) is 77.9 Å². The predicted octanol–water partition coefficient (Wildman–Crippen LogP) is 4.19. The van der Waals surface area contributed by atoms with Gasteiger partial charge in [-0.05, 0) is 68.3 Å². The van der Waals surface area contributed by atoms with Gasteiger partial charge < -0.3 is 15.0 Å². The largest absolute Gasteiger partial charge is 0.372 e. The van der Waals surface area contributed by atoms with Crippen molar-refractivity contribution in [2.75, 3.05) is 18.0 Å². The van der Waals surface area contributed by atoms with Crippen LogP contribution in [0.5, 0.6) is 0 Å². The lowest BCUT2D eigenvalue weighted by atomic mass is 10.1. The maximum absolute atomic E-state index is 12.6. The van der Waals surface area contributed by atoms with Crippen molar-refractivity contribution in [3.63, 3.8) is 0 Å². The molecule has 0 aromatic carbocycles. The number of hydrogen-bond acceptors (Lipinski definition) is 7. The molecule has 1 saturated heterocycles. The smallest absolute Gasteiger partial charge is 0.270 e. The molecule has 4 aromatic heterocycles. The Morgan fingerprint density at radius 2 is 1.83 bits per heavy atom. The molecule has 184 valence electrons. The highest BCUT2D eigenvalue weighted by Gasteiger charge is 2.23. The summed E-state index contributed by atoms with van der Waals surface area (Å²) in [5.74, 6) is 0.706. The summed E-state index contributed by atoms with van der Waals surface area (Å²) in [6, 6.07) is 15.6. The standard InChI is InChI=1S/C28H30N6O2/c1-4-20-10-11-29-26(12-20)28(35)31-15-22-13-25-21(14-30-22)8-9-24(32-25)23-6-5-7-27(33-23)34-16-18(2)36-19(3)17-34/h5-14,18-19H,4,15-17H2,1-3H3,(H,31,35)/t18-,19+. The van der Waals surface area contributed by atoms with Gasteiger partial charge >= 0.3 is 0 Å². The van der Waals surface area contributed by atoms with E-state index in [4.69, 9.17) is 14.7 Å². The highest BCUT2D eigenvalue weighted by molar-refractivity contribution is 5.92. The maximum Gasteiger partial charge on any atom is 0.270 e. The number of fused-ring (bicyclic) bond motifs is 1. The molecule has 8 heteroatoms. The predicted molar refractivity (Wildman–Crippen MR) is 140 cm³/mol. The first-order valence-electron chi connectivity index (χ1n) is 12.3. The number of aromatic nitrogens is 4. The first-order chi connectivity index (χ1) is 17.5. The van der Waals surface area contributed by atoms with E-state index in [1.165, 1.54) is 0 Å². The van der Waals surface area contributed by atoms with Gasteiger partial charge in [0.2, 0.25) is 0 Å². The Labute approximate surface area is 210 Å². The molecule has 4 aromatic rings. The van der Waals surface area contributed by atoms with Crippen molar-refractivity contribution in [1.29, 1.82) is 0 Å². The molecule has 0 aliphatic carbocycles. The van der Waals surface area contributed by atoms with E-state index < -0.39 is 0 Å². The van der Waals surface area contributed by atoms with E-state index >= 15 is 0 Å². The molecular weight excluding hydrogens is 452 g/mol. The average Bonchev–Trinajstić information content (AvgIpc) is 2.90. The summed E-state index contributed by atoms with van der Waals surface area (Å²) in [6.07, 6.45) is 4.62. The number of nitrogens with zero attached hydrogens (tertiary/aromatic N) is 5. The number of rotatable bonds is 6. The Balaban J connectivity index is 1.34. The van der Waals surface area contributed by atoms with E-state index in [2.05, 4.69) is 34.0 Å². The van der Waals surface area contributed by atoms with Crippen molar-refractivity contribution in [3.8, 4) is 11.4 Å². The van der Waals surface area contributed by atoms with Crippen LogP contribution in [0.15, 0.2) is 60.9 Å². The molecule has 0 bridgehead atoms. The Kier molecular flexibility index (Phi) is 6.86. The first-order valence-corrected chi connectivity index (χ1v) is 12.3. The van der Waals surface area contributed by atoms with Crippen LogP contribution in [0.4, 0.5) is 5.82 Å². The second kappa shape index (κ2) is 10.4. The molecule has 0 spiro atoms. The van der Waals surface area contributed by atoms with E-state index in [0.29, 0.717) is 12.2 Å². The monoisotopic (exact) mass is 482 g/mol. The Morgan fingerprint density at radius 3 is 2.64 bits per heavy atom. The zero-order valence-electron chi connectivity index (χ0n) is 20.8. The zero-order valence-corrected chi connectivity index (χ0v) is 20.8. The van der Waals surface area contributed by atoms with Crippen LogP contribution in [0.2, 0.25) is 0 Å². The van der Waals surface area contributed by atoms with Crippen LogP contribution in [0, 0.1) is 0 Å². The third kappa shape index (κ3) is 5.33. The van der Waals surface area contributed by atoms with Gasteiger partial charge in [-0.1, -0.05) is 13.0 Å². The normalized spacial score (nSPS) is 17.8. The van der Waals surface area contributed by atoms with E-state index in [-0.39, 0.29) is 18.1 Å². The van der Waals surface area contributed by atoms with Crippen molar-refractivity contribution >= 4 is 22.6 Å². The second-order valence-corrected chi connectivity index (χ2v) is 9.19. The van der Waals surface area contributed by atoms with Gasteiger partial charge in [0.05, 0.1) is 41.4 Å². The minimum absolute atomic E-state index is 0.163. The fourth-order valence-electron chi connectivity index (χ4n) is 4.48. The molecule has 0 radical (unpaired) electrons. The van der Waals surface area contributed by atoms with Crippen LogP contribution in [0.3, 0.4) is 0 Å². The van der Waals surface area contributed by atoms with Crippen LogP contribution in [-0.2, 0) is 17.7 Å². The van der Waals surface area contributed by atoms with E-state index in [1.807, 2.05) is 55.5 Å². The fraction of sp³-hybridized carbons (Fsp3) is 0.321. The number of anilines is 1. The van der Waals surface area contributed by atoms with Crippen molar-refractivity contribution in [1.82, 2.24) is 25.3 Å². The molecule has 2 atom stereocenters. The van der Waals surface area contributed by atoms with Gasteiger partial charge in [0.1, 0.15) is 11.5 Å². The summed E-state index contributed by atoms with van der Waals surface area (Å²) in [5, 5.41) is 3.84. The lowest BCUT2D eigenvalue weighted by molar-refractivity contribution is -0.00545. The molecular formula is C28H30N6O2. The number of carbonyl (C=O) groups is 1. The zero-order chi connectivity index (χ0) is 25.1. The molecule has 1 aliphatic rings. The molecule has 1 fully saturated rings. The van der Waals surface area contributed by atoms with Gasteiger partial charge in [0, 0.05) is 30.9 Å². The summed E-state index contributed by atoms with van der Waals surface area (Å²) in [5.41, 5.74) is 4.62. The number of morpholine rings is 1. The summed E-state index contributed by atoms with van der Waals surface area (Å²) in [6.45, 7) is 8.14. The van der Waals surface area contributed by atoms with Gasteiger partial charge in [-0.15, -0.1) is 0 Å². The number of amides is 1. The number of hydrogen-bond donors (Lipinski definition) is 1. The third-order valence-corrected chi connectivity index (χ3v) is 6.27. The van der Waals surface area contributed by atoms with Gasteiger partial charge in [-0.2, -0.15) is 0 Å². The topological polar surface area (TPSA) is 93.1 Å². The lowest BCUT2D eigenvalue weighted by Crippen LogP contribution is -2.45. The molecule has 1 aliphatic heterocycles. The Morgan fingerprint density at radius 1 is 1.03 bits per heavy atom. The molecule has 8 nitrogen and oxygen atoms in total. The summed E-state index contributed by atoms with van der Waals surface area (Å²) in [4.78, 5) is 33.2. The second-order valence-electron chi connectivity index (χ2n) is 9.19. The van der Waals surface area contributed by atoms with Crippen LogP contribution in [-0.4, -0.2) is 51.1 Å². The number of pyridine rings is 4. The van der Waals surface area contributed by atoms with Crippen molar-refractivity contribution in [2.24, 2.45) is 0 Å². The summed E-state index contributed by atoms with van der Waals surface area (Å²) >= 11 is 0. The minimum atomic E-state index is -0.221. The number of carbonyl (C=O) groups excluding carboxylic acids is 1. The van der Waals surface area contributed by atoms with Crippen LogP contribution in [0.1, 0.15) is 42.5 Å². The fourth-order valence-corrected chi connectivity index (χ4v) is 4.48. The number of aryl methyl sites for hydroxylation is 1. The molecule has 5 heterocycles. The molecule has 5 rings (SSSR count). The van der Waals surface area contributed by atoms with Crippen molar-refractivity contribution in [2.45, 2.75) is 45.9 Å². The van der Waals surface area contributed by atoms with E-state index in [9.17, 15) is 4.79 Å². The highest BCUT2D eigenvalue weighted by Crippen LogP contribution is 2.24. The van der Waals surface area contributed by atoms with Gasteiger partial charge in [-0.25, -0.2) is 9.97 Å². The first kappa shape index (κ1) is 23.8. The molecule has 0 saturated carbocycles. The van der Waals surface area contributed by atoms with Crippen LogP contribution in [0.25, 0.3) is 22.3 Å². The van der Waals surface area contributed by atoms with E-state index in [1.54, 1.807) is 12.4 Å². The molecule has 1 amide bonds. The highest BCUT2D eigenvalue weighted by atomic mass is 16.5. The summed E-state index contributed by atoms with van der Waals surface area (Å²) < 4.78 is 5.86. The van der Waals surface area contributed by atoms with Gasteiger partial charge in [0.15, 0.2) is 0 Å². The Hall–Kier alpha value is -3.91. The minimum Gasteiger partial charge on any atom is -0.372 e. The van der Waals surface area contributed by atoms with Gasteiger partial charge in [-0.3, -0.25) is 14.8 Å². The summed E-state index contributed by atoms with van der Waals surface area (Å²) in [7, 11) is 0. The molecule has 36 heavy (non-hydrogen) atoms. The molecule has 1 N–H and O–H groups in total. The maximum atomic E-state index is 12.6. The average molecular weight is 483 g/mol. The molecule has 0 unspecified atom stereocenters. The van der Waals surface area contributed by atoms with Crippen LogP contribution < -0.4 is 10.2 Å². The van der Waals surface area contributed by atoms with Gasteiger partial charge in [0.25, 0.3) is 5.91 Å². The third-order valence-electron chi connectivity index (χ3n) is 6.27. The number of nitrogens with one attached hydrogen (secondary N) is 1. The Bertz CT molecular complexity index is 1380. The SMILES string of the molecule is CCc1ccnc(C(=O)NCc2cc3nc(-c4cccc(N5C[C@@H](C)O[C@@H](C)C5)n4)ccc3cn2)c1.